The predicted molar refractivity (Wildman–Crippen MR) is 77.3 cm³/mol. The molecule has 0 aromatic heterocycles. The van der Waals surface area contributed by atoms with Crippen LogP contribution in [0.1, 0.15) is 6.92 Å². The van der Waals surface area contributed by atoms with Crippen LogP contribution in [0.3, 0.4) is 0 Å². The van der Waals surface area contributed by atoms with Gasteiger partial charge in [0.1, 0.15) is 6.54 Å². The van der Waals surface area contributed by atoms with Gasteiger partial charge in [-0.05, 0) is 25.1 Å². The molecule has 1 amide bonds. The highest BCUT2D eigenvalue weighted by molar-refractivity contribution is 7.92. The maximum atomic E-state index is 11.8. The summed E-state index contributed by atoms with van der Waals surface area (Å²) >= 11 is 11.7. The molecule has 0 unspecified atom stereocenters. The van der Waals surface area contributed by atoms with Gasteiger partial charge < -0.3 is 5.32 Å². The number of nitrogens with zero attached hydrogens (tertiary/aromatic N) is 1. The Kier molecular flexibility index (Phi) is 5.46. The fourth-order valence-corrected chi connectivity index (χ4v) is 2.82. The average Bonchev–Trinajstić information content (AvgIpc) is 2.23. The molecule has 0 aliphatic carbocycles. The second kappa shape index (κ2) is 6.45. The molecule has 0 atom stereocenters. The van der Waals surface area contributed by atoms with Gasteiger partial charge in [-0.15, -0.1) is 0 Å². The Morgan fingerprint density at radius 1 is 1.26 bits per heavy atom. The highest BCUT2D eigenvalue weighted by Gasteiger charge is 2.21. The summed E-state index contributed by atoms with van der Waals surface area (Å²) in [7, 11) is -3.61. The summed E-state index contributed by atoms with van der Waals surface area (Å²) < 4.78 is 24.5. The number of carbonyl (C=O) groups is 1. The van der Waals surface area contributed by atoms with Crippen molar-refractivity contribution in [3.05, 3.63) is 28.2 Å². The first-order chi connectivity index (χ1) is 8.74. The van der Waals surface area contributed by atoms with Crippen molar-refractivity contribution in [2.75, 3.05) is 23.7 Å². The summed E-state index contributed by atoms with van der Waals surface area (Å²) in [4.78, 5) is 11.6. The van der Waals surface area contributed by atoms with E-state index in [1.807, 2.05) is 0 Å². The van der Waals surface area contributed by atoms with Crippen molar-refractivity contribution >= 4 is 44.8 Å². The van der Waals surface area contributed by atoms with Gasteiger partial charge in [-0.3, -0.25) is 9.10 Å². The second-order valence-electron chi connectivity index (χ2n) is 3.85. The van der Waals surface area contributed by atoms with E-state index in [2.05, 4.69) is 5.32 Å². The van der Waals surface area contributed by atoms with E-state index in [1.165, 1.54) is 18.2 Å². The molecule has 1 aromatic rings. The number of rotatable bonds is 5. The third kappa shape index (κ3) is 4.89. The average molecular weight is 325 g/mol. The third-order valence-corrected chi connectivity index (χ3v) is 3.77. The van der Waals surface area contributed by atoms with Crippen molar-refractivity contribution in [2.45, 2.75) is 6.92 Å². The number of amides is 1. The van der Waals surface area contributed by atoms with Crippen LogP contribution in [0, 0.1) is 0 Å². The Bertz CT molecular complexity index is 555. The zero-order valence-electron chi connectivity index (χ0n) is 10.5. The van der Waals surface area contributed by atoms with Crippen molar-refractivity contribution in [3.63, 3.8) is 0 Å². The molecule has 8 heteroatoms. The zero-order valence-corrected chi connectivity index (χ0v) is 12.8. The fraction of sp³-hybridized carbons (Fsp3) is 0.364. The predicted octanol–water partition coefficient (Wildman–Crippen LogP) is 1.90. The van der Waals surface area contributed by atoms with Crippen molar-refractivity contribution in [2.24, 2.45) is 0 Å². The summed E-state index contributed by atoms with van der Waals surface area (Å²) in [6.45, 7) is 1.86. The minimum absolute atomic E-state index is 0.256. The largest absolute Gasteiger partial charge is 0.355 e. The topological polar surface area (TPSA) is 66.5 Å². The highest BCUT2D eigenvalue weighted by atomic mass is 35.5. The van der Waals surface area contributed by atoms with Crippen LogP contribution in [0.15, 0.2) is 18.2 Å². The maximum Gasteiger partial charge on any atom is 0.240 e. The minimum atomic E-state index is -3.61. The number of hydrogen-bond donors (Lipinski definition) is 1. The third-order valence-electron chi connectivity index (χ3n) is 2.20. The van der Waals surface area contributed by atoms with Crippen LogP contribution < -0.4 is 9.62 Å². The van der Waals surface area contributed by atoms with Crippen LogP contribution in [0.5, 0.6) is 0 Å². The van der Waals surface area contributed by atoms with Crippen LogP contribution in [0.25, 0.3) is 0 Å². The molecule has 0 aliphatic heterocycles. The molecular formula is C11H14Cl2N2O3S. The van der Waals surface area contributed by atoms with Crippen LogP contribution in [-0.4, -0.2) is 33.7 Å². The Hall–Kier alpha value is -0.980. The smallest absolute Gasteiger partial charge is 0.240 e. The van der Waals surface area contributed by atoms with Crippen molar-refractivity contribution in [1.29, 1.82) is 0 Å². The van der Waals surface area contributed by atoms with Crippen molar-refractivity contribution in [3.8, 4) is 0 Å². The number of carbonyl (C=O) groups excluding carboxylic acids is 1. The molecule has 0 fully saturated rings. The molecule has 0 saturated heterocycles. The minimum Gasteiger partial charge on any atom is -0.355 e. The maximum absolute atomic E-state index is 11.8. The van der Waals surface area contributed by atoms with Gasteiger partial charge in [0.15, 0.2) is 0 Å². The van der Waals surface area contributed by atoms with Crippen LogP contribution in [-0.2, 0) is 14.8 Å². The Balaban J connectivity index is 3.14. The molecule has 0 saturated carbocycles. The molecule has 0 bridgehead atoms. The number of likely N-dealkylation sites (N-methyl/N-ethyl adjacent to an activating group) is 1. The lowest BCUT2D eigenvalue weighted by Gasteiger charge is -2.22. The Morgan fingerprint density at radius 2 is 1.79 bits per heavy atom. The first-order valence-electron chi connectivity index (χ1n) is 5.44. The second-order valence-corrected chi connectivity index (χ2v) is 6.63. The van der Waals surface area contributed by atoms with Gasteiger partial charge >= 0.3 is 0 Å². The Morgan fingerprint density at radius 3 is 2.21 bits per heavy atom. The van der Waals surface area contributed by atoms with Crippen molar-refractivity contribution < 1.29 is 13.2 Å². The molecule has 0 heterocycles. The molecular weight excluding hydrogens is 311 g/mol. The SMILES string of the molecule is CCNC(=O)CN(c1cc(Cl)cc(Cl)c1)S(C)(=O)=O. The molecule has 1 aromatic carbocycles. The fourth-order valence-electron chi connectivity index (χ4n) is 1.47. The lowest BCUT2D eigenvalue weighted by atomic mass is 10.3. The number of anilines is 1. The normalized spacial score (nSPS) is 11.2. The number of halogens is 2. The van der Waals surface area contributed by atoms with Crippen LogP contribution >= 0.6 is 23.2 Å². The monoisotopic (exact) mass is 324 g/mol. The summed E-state index contributed by atoms with van der Waals surface area (Å²) in [5, 5.41) is 3.13. The number of hydrogen-bond acceptors (Lipinski definition) is 3. The van der Waals surface area contributed by atoms with Gasteiger partial charge in [-0.25, -0.2) is 8.42 Å². The molecule has 0 radical (unpaired) electrons. The van der Waals surface area contributed by atoms with E-state index < -0.39 is 15.9 Å². The lowest BCUT2D eigenvalue weighted by Crippen LogP contribution is -2.40. The zero-order chi connectivity index (χ0) is 14.6. The number of benzene rings is 1. The first-order valence-corrected chi connectivity index (χ1v) is 8.05. The molecule has 5 nitrogen and oxygen atoms in total. The van der Waals surface area contributed by atoms with Gasteiger partial charge in [0.05, 0.1) is 11.9 Å². The lowest BCUT2D eigenvalue weighted by molar-refractivity contribution is -0.119. The van der Waals surface area contributed by atoms with Gasteiger partial charge in [-0.1, -0.05) is 23.2 Å². The summed E-state index contributed by atoms with van der Waals surface area (Å²) in [5.74, 6) is -0.399. The molecule has 0 aliphatic rings. The van der Waals surface area contributed by atoms with E-state index in [0.29, 0.717) is 16.6 Å². The Labute approximate surface area is 122 Å². The van der Waals surface area contributed by atoms with E-state index in [9.17, 15) is 13.2 Å². The molecule has 106 valence electrons. The van der Waals surface area contributed by atoms with Gasteiger partial charge in [-0.2, -0.15) is 0 Å². The standard InChI is InChI=1S/C11H14Cl2N2O3S/c1-3-14-11(16)7-15(19(2,17)18)10-5-8(12)4-9(13)6-10/h4-6H,3,7H2,1-2H3,(H,14,16). The molecule has 0 spiro atoms. The summed E-state index contributed by atoms with van der Waals surface area (Å²) in [6.07, 6.45) is 1.01. The number of nitrogens with one attached hydrogen (secondary N) is 1. The van der Waals surface area contributed by atoms with E-state index in [-0.39, 0.29) is 12.2 Å². The van der Waals surface area contributed by atoms with E-state index in [0.717, 1.165) is 10.6 Å². The van der Waals surface area contributed by atoms with Gasteiger partial charge in [0.2, 0.25) is 15.9 Å². The van der Waals surface area contributed by atoms with Crippen LogP contribution in [0.4, 0.5) is 5.69 Å². The van der Waals surface area contributed by atoms with E-state index in [4.69, 9.17) is 23.2 Å². The van der Waals surface area contributed by atoms with Gasteiger partial charge in [0.25, 0.3) is 0 Å². The first kappa shape index (κ1) is 16.1. The summed E-state index contributed by atoms with van der Waals surface area (Å²) in [6, 6.07) is 4.36. The van der Waals surface area contributed by atoms with Crippen LogP contribution in [0.2, 0.25) is 10.0 Å². The molecule has 1 rings (SSSR count). The van der Waals surface area contributed by atoms with E-state index >= 15 is 0 Å². The van der Waals surface area contributed by atoms with Crippen molar-refractivity contribution in [1.82, 2.24) is 5.32 Å². The molecule has 1 N–H and O–H groups in total. The van der Waals surface area contributed by atoms with E-state index in [1.54, 1.807) is 6.92 Å². The molecule has 19 heavy (non-hydrogen) atoms. The van der Waals surface area contributed by atoms with Gasteiger partial charge in [0, 0.05) is 16.6 Å². The highest BCUT2D eigenvalue weighted by Crippen LogP contribution is 2.26. The quantitative estimate of drug-likeness (QED) is 0.899. The number of sulfonamides is 1. The summed E-state index contributed by atoms with van der Waals surface area (Å²) in [5.41, 5.74) is 0.256.